The lowest BCUT2D eigenvalue weighted by Crippen LogP contribution is -2.49. The molecule has 232 valence electrons. The number of carbonyl (C=O) groups excluding carboxylic acids is 1. The zero-order valence-corrected chi connectivity index (χ0v) is 26.0. The predicted molar refractivity (Wildman–Crippen MR) is 167 cm³/mol. The molecule has 5 heteroatoms. The van der Waals surface area contributed by atoms with Gasteiger partial charge in [0.25, 0.3) is 0 Å². The van der Waals surface area contributed by atoms with Crippen molar-refractivity contribution in [2.45, 2.75) is 193 Å². The second-order valence-corrected chi connectivity index (χ2v) is 11.7. The monoisotopic (exact) mass is 554 g/mol. The van der Waals surface area contributed by atoms with Crippen LogP contribution in [0.4, 0.5) is 0 Å². The SMILES string of the molecule is CCCCCC/C=C\CCC(O)C(=O)NC(CO)C(O)CCCCCCCCCCCCCCCCCCC. The summed E-state index contributed by atoms with van der Waals surface area (Å²) in [6.07, 6.45) is 32.1. The normalized spacial score (nSPS) is 14.1. The molecule has 0 spiro atoms. The van der Waals surface area contributed by atoms with E-state index < -0.39 is 24.2 Å². The summed E-state index contributed by atoms with van der Waals surface area (Å²) in [7, 11) is 0. The lowest BCUT2D eigenvalue weighted by molar-refractivity contribution is -0.131. The summed E-state index contributed by atoms with van der Waals surface area (Å²) < 4.78 is 0. The fourth-order valence-electron chi connectivity index (χ4n) is 5.13. The van der Waals surface area contributed by atoms with E-state index in [9.17, 15) is 20.1 Å². The van der Waals surface area contributed by atoms with Crippen molar-refractivity contribution in [3.8, 4) is 0 Å². The highest BCUT2D eigenvalue weighted by Crippen LogP contribution is 2.15. The van der Waals surface area contributed by atoms with Gasteiger partial charge in [0, 0.05) is 0 Å². The first-order valence-electron chi connectivity index (χ1n) is 17.0. The molecular formula is C34H67NO4. The van der Waals surface area contributed by atoms with Gasteiger partial charge in [0.05, 0.1) is 18.8 Å². The Bertz CT molecular complexity index is 539. The minimum atomic E-state index is -1.11. The Morgan fingerprint density at radius 3 is 1.46 bits per heavy atom. The smallest absolute Gasteiger partial charge is 0.249 e. The molecule has 0 aromatic carbocycles. The minimum Gasteiger partial charge on any atom is -0.394 e. The summed E-state index contributed by atoms with van der Waals surface area (Å²) in [5.74, 6) is -0.508. The van der Waals surface area contributed by atoms with Crippen LogP contribution in [0, 0.1) is 0 Å². The van der Waals surface area contributed by atoms with Crippen LogP contribution in [-0.4, -0.2) is 46.1 Å². The van der Waals surface area contributed by atoms with Crippen LogP contribution >= 0.6 is 0 Å². The Hall–Kier alpha value is -0.910. The van der Waals surface area contributed by atoms with Crippen molar-refractivity contribution in [3.63, 3.8) is 0 Å². The molecule has 0 aromatic heterocycles. The third-order valence-electron chi connectivity index (χ3n) is 7.89. The molecule has 0 saturated heterocycles. The molecule has 0 heterocycles. The maximum atomic E-state index is 12.3. The molecule has 1 amide bonds. The molecule has 0 rings (SSSR count). The van der Waals surface area contributed by atoms with Gasteiger partial charge in [-0.15, -0.1) is 0 Å². The first kappa shape index (κ1) is 38.1. The highest BCUT2D eigenvalue weighted by molar-refractivity contribution is 5.80. The van der Waals surface area contributed by atoms with Crippen molar-refractivity contribution in [2.75, 3.05) is 6.61 Å². The van der Waals surface area contributed by atoms with Crippen LogP contribution in [0.3, 0.4) is 0 Å². The van der Waals surface area contributed by atoms with E-state index in [1.54, 1.807) is 0 Å². The number of hydrogen-bond donors (Lipinski definition) is 4. The van der Waals surface area contributed by atoms with Crippen molar-refractivity contribution in [1.82, 2.24) is 5.32 Å². The van der Waals surface area contributed by atoms with Gasteiger partial charge in [0.15, 0.2) is 0 Å². The average molecular weight is 554 g/mol. The van der Waals surface area contributed by atoms with Crippen LogP contribution in [0.15, 0.2) is 12.2 Å². The summed E-state index contributed by atoms with van der Waals surface area (Å²) in [5, 5.41) is 32.8. The number of allylic oxidation sites excluding steroid dienone is 2. The van der Waals surface area contributed by atoms with E-state index in [1.807, 2.05) is 6.08 Å². The molecule has 0 fully saturated rings. The van der Waals surface area contributed by atoms with Gasteiger partial charge in [0.2, 0.25) is 5.91 Å². The quantitative estimate of drug-likeness (QED) is 0.0530. The van der Waals surface area contributed by atoms with Gasteiger partial charge < -0.3 is 20.6 Å². The number of nitrogens with one attached hydrogen (secondary N) is 1. The molecule has 3 unspecified atom stereocenters. The lowest BCUT2D eigenvalue weighted by atomic mass is 10.0. The molecular weight excluding hydrogens is 486 g/mol. The number of aliphatic hydroxyl groups excluding tert-OH is 3. The van der Waals surface area contributed by atoms with Crippen LogP contribution in [0.2, 0.25) is 0 Å². The van der Waals surface area contributed by atoms with Gasteiger partial charge >= 0.3 is 0 Å². The summed E-state index contributed by atoms with van der Waals surface area (Å²) in [6, 6.07) is -0.720. The molecule has 0 aliphatic carbocycles. The molecule has 0 saturated carbocycles. The van der Waals surface area contributed by atoms with Crippen LogP contribution in [-0.2, 0) is 4.79 Å². The van der Waals surface area contributed by atoms with E-state index in [0.29, 0.717) is 19.3 Å². The predicted octanol–water partition coefficient (Wildman–Crippen LogP) is 8.53. The van der Waals surface area contributed by atoms with E-state index in [1.165, 1.54) is 122 Å². The number of carbonyl (C=O) groups is 1. The Kier molecular flexibility index (Phi) is 29.4. The molecule has 0 bridgehead atoms. The van der Waals surface area contributed by atoms with E-state index in [-0.39, 0.29) is 6.61 Å². The van der Waals surface area contributed by atoms with Gasteiger partial charge in [-0.25, -0.2) is 0 Å². The Morgan fingerprint density at radius 2 is 1.00 bits per heavy atom. The second kappa shape index (κ2) is 30.1. The molecule has 39 heavy (non-hydrogen) atoms. The fraction of sp³-hybridized carbons (Fsp3) is 0.912. The third kappa shape index (κ3) is 25.8. The Labute approximate surface area is 242 Å². The molecule has 0 aromatic rings. The van der Waals surface area contributed by atoms with Crippen LogP contribution in [0.5, 0.6) is 0 Å². The van der Waals surface area contributed by atoms with Crippen LogP contribution in [0.25, 0.3) is 0 Å². The first-order chi connectivity index (χ1) is 19.1. The van der Waals surface area contributed by atoms with E-state index in [2.05, 4.69) is 25.2 Å². The van der Waals surface area contributed by atoms with Crippen molar-refractivity contribution in [1.29, 1.82) is 0 Å². The molecule has 0 aliphatic heterocycles. The van der Waals surface area contributed by atoms with E-state index in [0.717, 1.165) is 19.3 Å². The molecule has 0 aliphatic rings. The highest BCUT2D eigenvalue weighted by atomic mass is 16.3. The average Bonchev–Trinajstić information content (AvgIpc) is 2.94. The summed E-state index contributed by atoms with van der Waals surface area (Å²) in [6.45, 7) is 4.15. The largest absolute Gasteiger partial charge is 0.394 e. The Balaban J connectivity index is 3.68. The van der Waals surface area contributed by atoms with E-state index >= 15 is 0 Å². The van der Waals surface area contributed by atoms with Crippen molar-refractivity contribution >= 4 is 5.91 Å². The zero-order valence-electron chi connectivity index (χ0n) is 26.0. The van der Waals surface area contributed by atoms with E-state index in [4.69, 9.17) is 0 Å². The topological polar surface area (TPSA) is 89.8 Å². The van der Waals surface area contributed by atoms with Crippen LogP contribution in [0.1, 0.15) is 174 Å². The van der Waals surface area contributed by atoms with Gasteiger partial charge in [0.1, 0.15) is 6.10 Å². The molecule has 3 atom stereocenters. The van der Waals surface area contributed by atoms with Crippen molar-refractivity contribution in [3.05, 3.63) is 12.2 Å². The summed E-state index contributed by atoms with van der Waals surface area (Å²) >= 11 is 0. The van der Waals surface area contributed by atoms with Gasteiger partial charge in [-0.05, 0) is 32.1 Å². The van der Waals surface area contributed by atoms with Gasteiger partial charge in [-0.2, -0.15) is 0 Å². The molecule has 0 radical (unpaired) electrons. The maximum absolute atomic E-state index is 12.3. The number of unbranched alkanes of at least 4 members (excludes halogenated alkanes) is 20. The lowest BCUT2D eigenvalue weighted by Gasteiger charge is -2.23. The zero-order chi connectivity index (χ0) is 28.8. The minimum absolute atomic E-state index is 0.323. The first-order valence-corrected chi connectivity index (χ1v) is 17.0. The summed E-state index contributed by atoms with van der Waals surface area (Å²) in [5.41, 5.74) is 0. The number of aliphatic hydroxyl groups is 3. The molecule has 5 nitrogen and oxygen atoms in total. The number of hydrogen-bond acceptors (Lipinski definition) is 4. The van der Waals surface area contributed by atoms with Gasteiger partial charge in [-0.3, -0.25) is 4.79 Å². The molecule has 4 N–H and O–H groups in total. The van der Waals surface area contributed by atoms with Crippen LogP contribution < -0.4 is 5.32 Å². The standard InChI is InChI=1S/C34H67NO4/c1-3-5-7-9-11-13-14-15-16-17-18-19-20-21-23-24-26-28-32(37)31(30-36)35-34(39)33(38)29-27-25-22-12-10-8-6-4-2/h22,25,31-33,36-38H,3-21,23-24,26-30H2,1-2H3,(H,35,39)/b25-22-. The van der Waals surface area contributed by atoms with Crippen molar-refractivity contribution < 1.29 is 20.1 Å². The third-order valence-corrected chi connectivity index (χ3v) is 7.89. The summed E-state index contributed by atoms with van der Waals surface area (Å²) in [4.78, 5) is 12.3. The van der Waals surface area contributed by atoms with Gasteiger partial charge in [-0.1, -0.05) is 154 Å². The van der Waals surface area contributed by atoms with Crippen molar-refractivity contribution in [2.24, 2.45) is 0 Å². The number of amides is 1. The Morgan fingerprint density at radius 1 is 0.590 bits per heavy atom. The second-order valence-electron chi connectivity index (χ2n) is 11.7. The highest BCUT2D eigenvalue weighted by Gasteiger charge is 2.23. The maximum Gasteiger partial charge on any atom is 0.249 e. The fourth-order valence-corrected chi connectivity index (χ4v) is 5.13. The number of rotatable bonds is 30.